The minimum absolute atomic E-state index is 0.0491. The number of nitrogens with one attached hydrogen (secondary N) is 2. The third-order valence-corrected chi connectivity index (χ3v) is 6.79. The van der Waals surface area contributed by atoms with E-state index in [-0.39, 0.29) is 30.7 Å². The molecule has 3 atom stereocenters. The van der Waals surface area contributed by atoms with E-state index in [1.165, 1.54) is 29.2 Å². The second-order valence-corrected chi connectivity index (χ2v) is 9.40. The molecule has 2 aliphatic heterocycles. The number of rotatable bonds is 2. The van der Waals surface area contributed by atoms with Crippen molar-refractivity contribution in [3.8, 4) is 0 Å². The Kier molecular flexibility index (Phi) is 6.42. The van der Waals surface area contributed by atoms with Crippen molar-refractivity contribution in [1.82, 2.24) is 15.6 Å². The van der Waals surface area contributed by atoms with Crippen LogP contribution in [0.2, 0.25) is 0 Å². The summed E-state index contributed by atoms with van der Waals surface area (Å²) in [4.78, 5) is 47.0. The summed E-state index contributed by atoms with van der Waals surface area (Å²) in [7, 11) is 0. The average molecular weight is 437 g/mol. The summed E-state index contributed by atoms with van der Waals surface area (Å²) in [5.74, 6) is -0.971. The molecule has 10 heteroatoms. The number of ether oxygens (including phenoxy) is 1. The van der Waals surface area contributed by atoms with Crippen LogP contribution in [0.5, 0.6) is 0 Å². The van der Waals surface area contributed by atoms with Gasteiger partial charge in [-0.05, 0) is 12.8 Å². The number of hydrogen-bond donors (Lipinski definition) is 2. The molecule has 1 aromatic heterocycles. The molecule has 1 aromatic rings. The Balaban J connectivity index is 1.94. The Morgan fingerprint density at radius 1 is 1.38 bits per heavy atom. The number of thiazole rings is 1. The summed E-state index contributed by atoms with van der Waals surface area (Å²) in [5, 5.41) is 8.85. The van der Waals surface area contributed by atoms with Gasteiger partial charge in [0.15, 0.2) is 0 Å². The molecule has 0 spiro atoms. The number of aromatic nitrogens is 1. The van der Waals surface area contributed by atoms with E-state index < -0.39 is 23.7 Å². The van der Waals surface area contributed by atoms with Gasteiger partial charge in [-0.3, -0.25) is 14.6 Å². The van der Waals surface area contributed by atoms with Crippen molar-refractivity contribution in [3.63, 3.8) is 0 Å². The number of amides is 2. The molecule has 8 nitrogen and oxygen atoms in total. The topological polar surface area (TPSA) is 110 Å². The van der Waals surface area contributed by atoms with Crippen molar-refractivity contribution in [2.45, 2.75) is 51.4 Å². The third kappa shape index (κ3) is 4.87. The molecule has 29 heavy (non-hydrogen) atoms. The van der Waals surface area contributed by atoms with Crippen molar-refractivity contribution in [2.24, 2.45) is 10.9 Å². The van der Waals surface area contributed by atoms with Crippen molar-refractivity contribution in [2.75, 3.05) is 5.75 Å². The van der Waals surface area contributed by atoms with Crippen LogP contribution in [0, 0.1) is 5.92 Å². The number of nitrogens with zero attached hydrogens (tertiary/aromatic N) is 2. The largest absolute Gasteiger partial charge is 0.456 e. The zero-order chi connectivity index (χ0) is 21.2. The van der Waals surface area contributed by atoms with Crippen LogP contribution in [0.1, 0.15) is 37.9 Å². The van der Waals surface area contributed by atoms with Crippen LogP contribution in [0.25, 0.3) is 0 Å². The van der Waals surface area contributed by atoms with E-state index >= 15 is 0 Å². The van der Waals surface area contributed by atoms with Gasteiger partial charge in [0.05, 0.1) is 13.0 Å². The number of thioether (sulfide) groups is 1. The summed E-state index contributed by atoms with van der Waals surface area (Å²) in [5.41, 5.74) is -0.308. The number of cyclic esters (lactones) is 1. The smallest absolute Gasteiger partial charge is 0.329 e. The molecular weight excluding hydrogens is 412 g/mol. The highest BCUT2D eigenvalue weighted by Crippen LogP contribution is 2.32. The lowest BCUT2D eigenvalue weighted by Gasteiger charge is -2.27. The molecule has 4 bridgehead atoms. The first-order chi connectivity index (χ1) is 13.7. The fourth-order valence-corrected chi connectivity index (χ4v) is 4.78. The predicted molar refractivity (Wildman–Crippen MR) is 113 cm³/mol. The van der Waals surface area contributed by atoms with Crippen LogP contribution in [-0.4, -0.2) is 51.2 Å². The van der Waals surface area contributed by atoms with Crippen LogP contribution < -0.4 is 10.6 Å². The molecule has 3 unspecified atom stereocenters. The van der Waals surface area contributed by atoms with E-state index in [0.717, 1.165) is 5.01 Å². The molecule has 2 amide bonds. The van der Waals surface area contributed by atoms with Crippen molar-refractivity contribution in [1.29, 1.82) is 0 Å². The normalized spacial score (nSPS) is 28.4. The Bertz CT molecular complexity index is 866. The van der Waals surface area contributed by atoms with Crippen molar-refractivity contribution in [3.05, 3.63) is 28.7 Å². The van der Waals surface area contributed by atoms with Crippen LogP contribution in [-0.2, 0) is 25.7 Å². The van der Waals surface area contributed by atoms with Crippen LogP contribution in [0.4, 0.5) is 0 Å². The first-order valence-electron chi connectivity index (χ1n) is 9.30. The molecule has 0 fully saturated rings. The van der Waals surface area contributed by atoms with Crippen LogP contribution in [0.3, 0.4) is 0 Å². The Hall–Kier alpha value is -2.20. The average Bonchev–Trinajstić information content (AvgIpc) is 3.30. The highest BCUT2D eigenvalue weighted by atomic mass is 32.2. The van der Waals surface area contributed by atoms with Gasteiger partial charge in [0.25, 0.3) is 0 Å². The summed E-state index contributed by atoms with van der Waals surface area (Å²) >= 11 is 2.87. The maximum atomic E-state index is 13.0. The van der Waals surface area contributed by atoms with Gasteiger partial charge in [-0.25, -0.2) is 9.78 Å². The molecule has 0 saturated heterocycles. The van der Waals surface area contributed by atoms with E-state index in [1.807, 2.05) is 19.2 Å². The first kappa shape index (κ1) is 21.5. The number of hydrogen-bond acceptors (Lipinski definition) is 8. The first-order valence-corrected chi connectivity index (χ1v) is 11.2. The molecule has 0 saturated carbocycles. The van der Waals surface area contributed by atoms with Crippen molar-refractivity contribution < 1.29 is 19.1 Å². The minimum Gasteiger partial charge on any atom is -0.456 e. The standard InChI is InChI=1S/C19H24N4O4S2/c1-5-11-6-13(24)20-7-14-21-12(8-28-14)16-23-19(4,9-29-16)18(26)22-15(10(2)3)17(25)27-11/h5,8,10-11,15H,1,6-7,9H2,2-4H3,(H,20,24)(H,22,26). The summed E-state index contributed by atoms with van der Waals surface area (Å²) in [6.07, 6.45) is 0.571. The van der Waals surface area contributed by atoms with Crippen LogP contribution in [0.15, 0.2) is 23.0 Å². The van der Waals surface area contributed by atoms with Crippen molar-refractivity contribution >= 4 is 45.9 Å². The molecule has 2 N–H and O–H groups in total. The molecule has 0 aromatic carbocycles. The van der Waals surface area contributed by atoms with Gasteiger partial charge >= 0.3 is 5.97 Å². The van der Waals surface area contributed by atoms with E-state index in [9.17, 15) is 14.4 Å². The maximum absolute atomic E-state index is 13.0. The second kappa shape index (κ2) is 8.66. The Morgan fingerprint density at radius 3 is 2.83 bits per heavy atom. The van der Waals surface area contributed by atoms with Crippen LogP contribution >= 0.6 is 23.1 Å². The second-order valence-electron chi connectivity index (χ2n) is 7.49. The Labute approximate surface area is 177 Å². The monoisotopic (exact) mass is 436 g/mol. The summed E-state index contributed by atoms with van der Waals surface area (Å²) in [6, 6.07) is -0.854. The van der Waals surface area contributed by atoms with Gasteiger partial charge < -0.3 is 15.4 Å². The quantitative estimate of drug-likeness (QED) is 0.539. The lowest BCUT2D eigenvalue weighted by molar-refractivity contribution is -0.153. The molecule has 0 radical (unpaired) electrons. The van der Waals surface area contributed by atoms with Gasteiger partial charge in [0.2, 0.25) is 11.8 Å². The summed E-state index contributed by atoms with van der Waals surface area (Å²) in [6.45, 7) is 9.29. The zero-order valence-corrected chi connectivity index (χ0v) is 18.2. The van der Waals surface area contributed by atoms with E-state index in [1.54, 1.807) is 6.92 Å². The number of carbonyl (C=O) groups excluding carboxylic acids is 3. The molecule has 156 valence electrons. The highest BCUT2D eigenvalue weighted by Gasteiger charge is 2.41. The molecule has 3 rings (SSSR count). The summed E-state index contributed by atoms with van der Waals surface area (Å²) < 4.78 is 5.45. The number of fused-ring (bicyclic) bond motifs is 4. The lowest BCUT2D eigenvalue weighted by atomic mass is 10.0. The van der Waals surface area contributed by atoms with Gasteiger partial charge in [-0.2, -0.15) is 0 Å². The van der Waals surface area contributed by atoms with Gasteiger partial charge in [-0.15, -0.1) is 23.1 Å². The molecule has 0 aliphatic carbocycles. The van der Waals surface area contributed by atoms with E-state index in [0.29, 0.717) is 16.5 Å². The van der Waals surface area contributed by atoms with E-state index in [4.69, 9.17) is 4.74 Å². The SMILES string of the molecule is C=CC1CC(=O)NCc2nc(cs2)C2=NC(C)(CS2)C(=O)NC(C(C)C)C(=O)O1. The van der Waals surface area contributed by atoms with Gasteiger partial charge in [0, 0.05) is 11.1 Å². The fourth-order valence-electron chi connectivity index (χ4n) is 2.85. The fraction of sp³-hybridized carbons (Fsp3) is 0.526. The number of carbonyl (C=O) groups is 3. The minimum atomic E-state index is -1.000. The van der Waals surface area contributed by atoms with E-state index in [2.05, 4.69) is 27.2 Å². The molecule has 2 aliphatic rings. The van der Waals surface area contributed by atoms with Gasteiger partial charge in [0.1, 0.15) is 33.4 Å². The lowest BCUT2D eigenvalue weighted by Crippen LogP contribution is -2.53. The highest BCUT2D eigenvalue weighted by molar-refractivity contribution is 8.14. The van der Waals surface area contributed by atoms with Gasteiger partial charge in [-0.1, -0.05) is 26.5 Å². The predicted octanol–water partition coefficient (Wildman–Crippen LogP) is 1.65. The maximum Gasteiger partial charge on any atom is 0.329 e. The number of esters is 1. The number of aliphatic imine (C=N–C) groups is 1. The molecule has 3 heterocycles. The Morgan fingerprint density at radius 2 is 2.14 bits per heavy atom. The third-order valence-electron chi connectivity index (χ3n) is 4.66. The molecular formula is C19H24N4O4S2. The zero-order valence-electron chi connectivity index (χ0n) is 16.6.